The van der Waals surface area contributed by atoms with Crippen molar-refractivity contribution in [3.8, 4) is 11.3 Å². The fraction of sp³-hybridized carbons (Fsp3) is 0.118. The molecule has 1 N–H and O–H groups in total. The Labute approximate surface area is 134 Å². The van der Waals surface area contributed by atoms with Gasteiger partial charge < -0.3 is 5.32 Å². The minimum Gasteiger partial charge on any atom is -0.350 e. The zero-order valence-electron chi connectivity index (χ0n) is 12.2. The number of hydrogen-bond donors (Lipinski definition) is 1. The molecule has 0 amide bonds. The van der Waals surface area contributed by atoms with Crippen LogP contribution >= 0.6 is 11.8 Å². The minimum absolute atomic E-state index is 0.621. The van der Waals surface area contributed by atoms with Crippen molar-refractivity contribution >= 4 is 17.7 Å². The first kappa shape index (κ1) is 14.5. The van der Waals surface area contributed by atoms with E-state index in [0.717, 1.165) is 16.3 Å². The van der Waals surface area contributed by atoms with Gasteiger partial charge in [-0.25, -0.2) is 15.0 Å². The van der Waals surface area contributed by atoms with Crippen LogP contribution in [0.25, 0.3) is 11.3 Å². The van der Waals surface area contributed by atoms with Gasteiger partial charge in [0.15, 0.2) is 0 Å². The molecule has 0 atom stereocenters. The van der Waals surface area contributed by atoms with Crippen LogP contribution in [0.15, 0.2) is 66.0 Å². The second kappa shape index (κ2) is 7.04. The standard InChI is InChI=1S/C17H16N4S/c1-22-16-8-7-14(12-19-16)15-9-10-18-17(21-15)20-11-13-5-3-2-4-6-13/h2-10,12H,11H2,1H3,(H,18,20,21). The van der Waals surface area contributed by atoms with Crippen molar-refractivity contribution in [1.29, 1.82) is 0 Å². The predicted octanol–water partition coefficient (Wildman–Crippen LogP) is 3.87. The molecule has 0 aliphatic rings. The fourth-order valence-electron chi connectivity index (χ4n) is 2.03. The van der Waals surface area contributed by atoms with E-state index in [1.807, 2.05) is 48.9 Å². The van der Waals surface area contributed by atoms with Crippen LogP contribution in [0.1, 0.15) is 5.56 Å². The molecule has 5 heteroatoms. The monoisotopic (exact) mass is 308 g/mol. The number of pyridine rings is 1. The highest BCUT2D eigenvalue weighted by atomic mass is 32.2. The highest BCUT2D eigenvalue weighted by molar-refractivity contribution is 7.98. The van der Waals surface area contributed by atoms with Gasteiger partial charge in [0.2, 0.25) is 5.95 Å². The maximum atomic E-state index is 4.54. The van der Waals surface area contributed by atoms with Crippen molar-refractivity contribution in [2.24, 2.45) is 0 Å². The van der Waals surface area contributed by atoms with Crippen molar-refractivity contribution in [2.45, 2.75) is 11.6 Å². The van der Waals surface area contributed by atoms with Crippen LogP contribution < -0.4 is 5.32 Å². The molecule has 0 unspecified atom stereocenters. The molecule has 2 aromatic heterocycles. The molecule has 0 bridgehead atoms. The molecule has 1 aromatic carbocycles. The van der Waals surface area contributed by atoms with E-state index in [-0.39, 0.29) is 0 Å². The zero-order chi connectivity index (χ0) is 15.2. The second-order valence-electron chi connectivity index (χ2n) is 4.69. The number of aromatic nitrogens is 3. The molecule has 0 aliphatic heterocycles. The molecule has 0 saturated heterocycles. The molecular weight excluding hydrogens is 292 g/mol. The number of thioether (sulfide) groups is 1. The van der Waals surface area contributed by atoms with Gasteiger partial charge in [-0.3, -0.25) is 0 Å². The summed E-state index contributed by atoms with van der Waals surface area (Å²) in [5.74, 6) is 0.621. The normalized spacial score (nSPS) is 10.4. The first-order chi connectivity index (χ1) is 10.8. The first-order valence-electron chi connectivity index (χ1n) is 6.96. The molecule has 0 aliphatic carbocycles. The van der Waals surface area contributed by atoms with Crippen LogP contribution in [-0.2, 0) is 6.54 Å². The molecule has 3 aromatic rings. The molecule has 0 radical (unpaired) electrons. The Morgan fingerprint density at radius 3 is 2.59 bits per heavy atom. The molecule has 3 rings (SSSR count). The lowest BCUT2D eigenvalue weighted by atomic mass is 10.2. The van der Waals surface area contributed by atoms with Crippen molar-refractivity contribution in [3.05, 3.63) is 66.5 Å². The molecule has 0 saturated carbocycles. The molecule has 110 valence electrons. The smallest absolute Gasteiger partial charge is 0.223 e. The number of hydrogen-bond acceptors (Lipinski definition) is 5. The summed E-state index contributed by atoms with van der Waals surface area (Å²) in [4.78, 5) is 13.2. The highest BCUT2D eigenvalue weighted by Gasteiger charge is 2.03. The number of nitrogens with one attached hydrogen (secondary N) is 1. The zero-order valence-corrected chi connectivity index (χ0v) is 13.0. The summed E-state index contributed by atoms with van der Waals surface area (Å²) in [5.41, 5.74) is 3.05. The van der Waals surface area contributed by atoms with E-state index in [9.17, 15) is 0 Å². The van der Waals surface area contributed by atoms with Gasteiger partial charge in [-0.1, -0.05) is 30.3 Å². The van der Waals surface area contributed by atoms with Crippen LogP contribution in [-0.4, -0.2) is 21.2 Å². The van der Waals surface area contributed by atoms with E-state index in [1.54, 1.807) is 18.0 Å². The third kappa shape index (κ3) is 3.62. The van der Waals surface area contributed by atoms with E-state index < -0.39 is 0 Å². The average molecular weight is 308 g/mol. The topological polar surface area (TPSA) is 50.7 Å². The predicted molar refractivity (Wildman–Crippen MR) is 90.8 cm³/mol. The Hall–Kier alpha value is -2.40. The van der Waals surface area contributed by atoms with Gasteiger partial charge in [0, 0.05) is 24.5 Å². The summed E-state index contributed by atoms with van der Waals surface area (Å²) in [6.07, 6.45) is 5.62. The quantitative estimate of drug-likeness (QED) is 0.725. The SMILES string of the molecule is CSc1ccc(-c2ccnc(NCc3ccccc3)n2)cn1. The number of anilines is 1. The number of benzene rings is 1. The van der Waals surface area contributed by atoms with Crippen LogP contribution in [0.5, 0.6) is 0 Å². The Kier molecular flexibility index (Phi) is 4.65. The summed E-state index contributed by atoms with van der Waals surface area (Å²) in [7, 11) is 0. The fourth-order valence-corrected chi connectivity index (χ4v) is 2.40. The van der Waals surface area contributed by atoms with Gasteiger partial charge in [0.25, 0.3) is 0 Å². The van der Waals surface area contributed by atoms with E-state index in [0.29, 0.717) is 12.5 Å². The van der Waals surface area contributed by atoms with Crippen LogP contribution in [0, 0.1) is 0 Å². The maximum absolute atomic E-state index is 4.54. The largest absolute Gasteiger partial charge is 0.350 e. The second-order valence-corrected chi connectivity index (χ2v) is 5.52. The van der Waals surface area contributed by atoms with Gasteiger partial charge in [-0.2, -0.15) is 0 Å². The third-order valence-corrected chi connectivity index (χ3v) is 3.85. The summed E-state index contributed by atoms with van der Waals surface area (Å²) >= 11 is 1.63. The third-order valence-electron chi connectivity index (χ3n) is 3.19. The van der Waals surface area contributed by atoms with Gasteiger partial charge in [0.1, 0.15) is 0 Å². The molecular formula is C17H16N4S. The van der Waals surface area contributed by atoms with Gasteiger partial charge in [-0.15, -0.1) is 11.8 Å². The summed E-state index contributed by atoms with van der Waals surface area (Å²) < 4.78 is 0. The first-order valence-corrected chi connectivity index (χ1v) is 8.19. The van der Waals surface area contributed by atoms with Gasteiger partial charge >= 0.3 is 0 Å². The minimum atomic E-state index is 0.621. The van der Waals surface area contributed by atoms with E-state index in [1.165, 1.54) is 5.56 Å². The molecule has 0 spiro atoms. The summed E-state index contributed by atoms with van der Waals surface area (Å²) in [6.45, 7) is 0.702. The van der Waals surface area contributed by atoms with E-state index in [2.05, 4.69) is 32.4 Å². The van der Waals surface area contributed by atoms with Crippen molar-refractivity contribution in [2.75, 3.05) is 11.6 Å². The van der Waals surface area contributed by atoms with Gasteiger partial charge in [0.05, 0.1) is 10.7 Å². The maximum Gasteiger partial charge on any atom is 0.223 e. The van der Waals surface area contributed by atoms with Gasteiger partial charge in [-0.05, 0) is 30.0 Å². The van der Waals surface area contributed by atoms with E-state index in [4.69, 9.17) is 0 Å². The lowest BCUT2D eigenvalue weighted by Crippen LogP contribution is -2.03. The Balaban J connectivity index is 1.74. The average Bonchev–Trinajstić information content (AvgIpc) is 2.61. The Morgan fingerprint density at radius 1 is 1.00 bits per heavy atom. The Bertz CT molecular complexity index is 729. The van der Waals surface area contributed by atoms with Crippen LogP contribution in [0.2, 0.25) is 0 Å². The highest BCUT2D eigenvalue weighted by Crippen LogP contribution is 2.19. The van der Waals surface area contributed by atoms with Crippen molar-refractivity contribution in [1.82, 2.24) is 15.0 Å². The van der Waals surface area contributed by atoms with Crippen LogP contribution in [0.3, 0.4) is 0 Å². The summed E-state index contributed by atoms with van der Waals surface area (Å²) in [6, 6.07) is 16.1. The van der Waals surface area contributed by atoms with Crippen molar-refractivity contribution < 1.29 is 0 Å². The molecule has 22 heavy (non-hydrogen) atoms. The molecule has 0 fully saturated rings. The number of rotatable bonds is 5. The Morgan fingerprint density at radius 2 is 1.86 bits per heavy atom. The molecule has 2 heterocycles. The van der Waals surface area contributed by atoms with Crippen molar-refractivity contribution in [3.63, 3.8) is 0 Å². The van der Waals surface area contributed by atoms with Crippen LogP contribution in [0.4, 0.5) is 5.95 Å². The summed E-state index contributed by atoms with van der Waals surface area (Å²) in [5, 5.41) is 4.25. The lowest BCUT2D eigenvalue weighted by molar-refractivity contribution is 1.05. The van der Waals surface area contributed by atoms with E-state index >= 15 is 0 Å². The molecule has 4 nitrogen and oxygen atoms in total. The lowest BCUT2D eigenvalue weighted by Gasteiger charge is -2.07. The number of nitrogens with zero attached hydrogens (tertiary/aromatic N) is 3.